The third-order valence-electron chi connectivity index (χ3n) is 2.48. The van der Waals surface area contributed by atoms with Crippen LogP contribution in [0.3, 0.4) is 0 Å². The Morgan fingerprint density at radius 2 is 2.25 bits per heavy atom. The maximum absolute atomic E-state index is 8.61. The zero-order chi connectivity index (χ0) is 8.81. The minimum atomic E-state index is 0.179. The molecule has 0 aliphatic carbocycles. The molecule has 2 N–H and O–H groups in total. The van der Waals surface area contributed by atoms with Crippen LogP contribution in [0.1, 0.15) is 32.1 Å². The Bertz CT molecular complexity index is 121. The number of halogens is 1. The van der Waals surface area contributed by atoms with Crippen molar-refractivity contribution in [1.29, 1.82) is 0 Å². The Morgan fingerprint density at radius 1 is 1.42 bits per heavy atom. The second kappa shape index (κ2) is 5.79. The molecular formula is C9H18ClNO. The van der Waals surface area contributed by atoms with E-state index in [1.165, 1.54) is 12.8 Å². The minimum Gasteiger partial charge on any atom is -0.396 e. The molecule has 1 rings (SSSR count). The molecule has 0 aromatic heterocycles. The van der Waals surface area contributed by atoms with Crippen molar-refractivity contribution >= 4 is 11.6 Å². The molecule has 0 spiro atoms. The number of aliphatic hydroxyl groups excluding tert-OH is 1. The molecule has 0 amide bonds. The highest BCUT2D eigenvalue weighted by atomic mass is 35.5. The van der Waals surface area contributed by atoms with Gasteiger partial charge >= 0.3 is 0 Å². The molecule has 2 nitrogen and oxygen atoms in total. The van der Waals surface area contributed by atoms with Crippen LogP contribution in [0.5, 0.6) is 0 Å². The first kappa shape index (κ1) is 10.3. The van der Waals surface area contributed by atoms with E-state index in [4.69, 9.17) is 16.7 Å². The molecule has 72 valence electrons. The fraction of sp³-hybridized carbons (Fsp3) is 1.00. The van der Waals surface area contributed by atoms with Gasteiger partial charge in [-0.1, -0.05) is 12.8 Å². The third-order valence-corrected chi connectivity index (χ3v) is 2.81. The van der Waals surface area contributed by atoms with Gasteiger partial charge in [-0.25, -0.2) is 0 Å². The summed E-state index contributed by atoms with van der Waals surface area (Å²) >= 11 is 5.96. The number of alkyl halides is 1. The van der Waals surface area contributed by atoms with Gasteiger partial charge in [-0.3, -0.25) is 0 Å². The van der Waals surface area contributed by atoms with E-state index in [1.807, 2.05) is 0 Å². The van der Waals surface area contributed by atoms with Crippen LogP contribution in [0.25, 0.3) is 0 Å². The number of rotatable bonds is 4. The van der Waals surface area contributed by atoms with Crippen LogP contribution in [-0.4, -0.2) is 23.8 Å². The van der Waals surface area contributed by atoms with Crippen LogP contribution < -0.4 is 5.32 Å². The van der Waals surface area contributed by atoms with Gasteiger partial charge in [0, 0.05) is 6.61 Å². The Hall–Kier alpha value is 0.210. The Balaban J connectivity index is 2.06. The van der Waals surface area contributed by atoms with Gasteiger partial charge < -0.3 is 10.4 Å². The highest BCUT2D eigenvalue weighted by molar-refractivity contribution is 6.20. The van der Waals surface area contributed by atoms with Gasteiger partial charge in [-0.05, 0) is 31.7 Å². The fourth-order valence-corrected chi connectivity index (χ4v) is 2.11. The van der Waals surface area contributed by atoms with Crippen LogP contribution in [0.4, 0.5) is 0 Å². The molecule has 0 aromatic carbocycles. The van der Waals surface area contributed by atoms with Crippen LogP contribution in [0, 0.1) is 5.92 Å². The summed E-state index contributed by atoms with van der Waals surface area (Å²) in [4.78, 5) is 0. The molecule has 2 atom stereocenters. The number of unbranched alkanes of at least 4 members (excludes halogenated alkanes) is 1. The Kier molecular flexibility index (Phi) is 4.96. The van der Waals surface area contributed by atoms with Gasteiger partial charge in [0.1, 0.15) is 0 Å². The average Bonchev–Trinajstić information content (AvgIpc) is 2.05. The number of hydrogen-bond acceptors (Lipinski definition) is 2. The topological polar surface area (TPSA) is 32.3 Å². The lowest BCUT2D eigenvalue weighted by molar-refractivity contribution is 0.267. The maximum Gasteiger partial charge on any atom is 0.0828 e. The number of nitrogens with one attached hydrogen (secondary N) is 1. The molecule has 3 heteroatoms. The quantitative estimate of drug-likeness (QED) is 0.403. The molecule has 1 fully saturated rings. The van der Waals surface area contributed by atoms with Crippen molar-refractivity contribution in [3.63, 3.8) is 0 Å². The molecular weight excluding hydrogens is 174 g/mol. The van der Waals surface area contributed by atoms with E-state index < -0.39 is 0 Å². The van der Waals surface area contributed by atoms with E-state index in [-0.39, 0.29) is 5.50 Å². The van der Waals surface area contributed by atoms with E-state index in [1.54, 1.807) is 0 Å². The van der Waals surface area contributed by atoms with Crippen molar-refractivity contribution in [2.24, 2.45) is 5.92 Å². The van der Waals surface area contributed by atoms with E-state index >= 15 is 0 Å². The lowest BCUT2D eigenvalue weighted by atomic mass is 9.92. The van der Waals surface area contributed by atoms with Gasteiger partial charge in [-0.2, -0.15) is 0 Å². The van der Waals surface area contributed by atoms with Gasteiger partial charge in [-0.15, -0.1) is 11.6 Å². The summed E-state index contributed by atoms with van der Waals surface area (Å²) < 4.78 is 0. The monoisotopic (exact) mass is 191 g/mol. The first-order valence-corrected chi connectivity index (χ1v) is 5.25. The molecule has 1 saturated heterocycles. The summed E-state index contributed by atoms with van der Waals surface area (Å²) in [6.45, 7) is 1.38. The number of piperidine rings is 1. The molecule has 0 bridgehead atoms. The summed E-state index contributed by atoms with van der Waals surface area (Å²) in [5, 5.41) is 11.8. The molecule has 2 unspecified atom stereocenters. The molecule has 0 radical (unpaired) electrons. The van der Waals surface area contributed by atoms with Gasteiger partial charge in [0.05, 0.1) is 5.50 Å². The normalized spacial score (nSPS) is 30.5. The smallest absolute Gasteiger partial charge is 0.0828 e. The van der Waals surface area contributed by atoms with Crippen LogP contribution in [0.15, 0.2) is 0 Å². The van der Waals surface area contributed by atoms with Gasteiger partial charge in [0.25, 0.3) is 0 Å². The van der Waals surface area contributed by atoms with E-state index in [0.29, 0.717) is 6.61 Å². The minimum absolute atomic E-state index is 0.179. The highest BCUT2D eigenvalue weighted by Gasteiger charge is 2.18. The van der Waals surface area contributed by atoms with Crippen molar-refractivity contribution in [2.75, 3.05) is 13.2 Å². The van der Waals surface area contributed by atoms with Crippen molar-refractivity contribution in [1.82, 2.24) is 5.32 Å². The predicted molar refractivity (Wildman–Crippen MR) is 51.3 cm³/mol. The zero-order valence-electron chi connectivity index (χ0n) is 7.43. The summed E-state index contributed by atoms with van der Waals surface area (Å²) in [7, 11) is 0. The van der Waals surface area contributed by atoms with Crippen LogP contribution in [0.2, 0.25) is 0 Å². The van der Waals surface area contributed by atoms with Crippen molar-refractivity contribution in [3.05, 3.63) is 0 Å². The second-order valence-electron chi connectivity index (χ2n) is 3.53. The van der Waals surface area contributed by atoms with Crippen molar-refractivity contribution < 1.29 is 5.11 Å². The third kappa shape index (κ3) is 3.74. The van der Waals surface area contributed by atoms with Crippen LogP contribution in [-0.2, 0) is 0 Å². The first-order valence-electron chi connectivity index (χ1n) is 4.81. The SMILES string of the molecule is OCCCCC1CCNC(Cl)C1. The van der Waals surface area contributed by atoms with Crippen molar-refractivity contribution in [3.8, 4) is 0 Å². The predicted octanol–water partition coefficient (Wildman–Crippen LogP) is 1.71. The van der Waals surface area contributed by atoms with Crippen LogP contribution >= 0.6 is 11.6 Å². The van der Waals surface area contributed by atoms with E-state index in [9.17, 15) is 0 Å². The largest absolute Gasteiger partial charge is 0.396 e. The maximum atomic E-state index is 8.61. The lowest BCUT2D eigenvalue weighted by Gasteiger charge is -2.26. The average molecular weight is 192 g/mol. The molecule has 12 heavy (non-hydrogen) atoms. The highest BCUT2D eigenvalue weighted by Crippen LogP contribution is 2.23. The molecule has 1 heterocycles. The number of hydrogen-bond donors (Lipinski definition) is 2. The standard InChI is InChI=1S/C9H18ClNO/c10-9-7-8(4-5-11-9)3-1-2-6-12/h8-9,11-12H,1-7H2. The molecule has 0 saturated carbocycles. The summed E-state index contributed by atoms with van der Waals surface area (Å²) in [5.41, 5.74) is 0.179. The fourth-order valence-electron chi connectivity index (χ4n) is 1.74. The van der Waals surface area contributed by atoms with E-state index in [2.05, 4.69) is 5.32 Å². The summed E-state index contributed by atoms with van der Waals surface area (Å²) in [6, 6.07) is 0. The lowest BCUT2D eigenvalue weighted by Crippen LogP contribution is -2.34. The zero-order valence-corrected chi connectivity index (χ0v) is 8.19. The molecule has 0 aromatic rings. The second-order valence-corrected chi connectivity index (χ2v) is 4.06. The number of aliphatic hydroxyl groups is 1. The summed E-state index contributed by atoms with van der Waals surface area (Å²) in [5.74, 6) is 0.778. The van der Waals surface area contributed by atoms with Gasteiger partial charge in [0.2, 0.25) is 0 Å². The van der Waals surface area contributed by atoms with E-state index in [0.717, 1.165) is 31.7 Å². The summed E-state index contributed by atoms with van der Waals surface area (Å²) in [6.07, 6.45) is 5.65. The Morgan fingerprint density at radius 3 is 2.92 bits per heavy atom. The Labute approximate surface area is 79.3 Å². The molecule has 1 aliphatic heterocycles. The first-order chi connectivity index (χ1) is 5.83. The van der Waals surface area contributed by atoms with Gasteiger partial charge in [0.15, 0.2) is 0 Å². The van der Waals surface area contributed by atoms with Crippen molar-refractivity contribution in [2.45, 2.75) is 37.6 Å². The molecule has 1 aliphatic rings.